The summed E-state index contributed by atoms with van der Waals surface area (Å²) in [6, 6.07) is 8.29. The molecule has 2 aliphatic heterocycles. The molecular weight excluding hydrogens is 347 g/mol. The normalized spacial score (nSPS) is 22.7. The van der Waals surface area contributed by atoms with Crippen LogP contribution in [-0.2, 0) is 11.3 Å². The molecule has 0 unspecified atom stereocenters. The molecule has 1 spiro atoms. The average Bonchev–Trinajstić information content (AvgIpc) is 3.28. The lowest BCUT2D eigenvalue weighted by atomic mass is 9.78. The molecule has 0 radical (unpaired) electrons. The maximum atomic E-state index is 14.0. The van der Waals surface area contributed by atoms with Crippen LogP contribution >= 0.6 is 0 Å². The van der Waals surface area contributed by atoms with Crippen molar-refractivity contribution in [3.63, 3.8) is 0 Å². The van der Waals surface area contributed by atoms with E-state index in [1.807, 2.05) is 6.92 Å². The topological polar surface area (TPSA) is 69.3 Å². The molecule has 1 atom stereocenters. The molecule has 27 heavy (non-hydrogen) atoms. The highest BCUT2D eigenvalue weighted by atomic mass is 19.1. The fourth-order valence-electron chi connectivity index (χ4n) is 4.25. The van der Waals surface area contributed by atoms with E-state index < -0.39 is 5.41 Å². The number of likely N-dealkylation sites (tertiary alicyclic amines) is 2. The summed E-state index contributed by atoms with van der Waals surface area (Å²) in [6.07, 6.45) is 2.28. The number of hydrogen-bond donors (Lipinski definition) is 1. The summed E-state index contributed by atoms with van der Waals surface area (Å²) in [5.41, 5.74) is 1.19. The van der Waals surface area contributed by atoms with Crippen LogP contribution in [0.3, 0.4) is 0 Å². The van der Waals surface area contributed by atoms with Crippen molar-refractivity contribution in [2.45, 2.75) is 32.7 Å². The van der Waals surface area contributed by atoms with Crippen LogP contribution in [0.15, 0.2) is 30.3 Å². The summed E-state index contributed by atoms with van der Waals surface area (Å²) in [5.74, 6) is -0.400. The van der Waals surface area contributed by atoms with Gasteiger partial charge in [-0.2, -0.15) is 5.10 Å². The largest absolute Gasteiger partial charge is 0.338 e. The fraction of sp³-hybridized carbons (Fsp3) is 0.450. The number of nitrogens with zero attached hydrogens (tertiary/aromatic N) is 3. The van der Waals surface area contributed by atoms with Crippen molar-refractivity contribution < 1.29 is 14.0 Å². The van der Waals surface area contributed by atoms with Crippen LogP contribution in [0.1, 0.15) is 41.0 Å². The first kappa shape index (κ1) is 17.7. The van der Waals surface area contributed by atoms with Crippen LogP contribution in [0.5, 0.6) is 0 Å². The zero-order valence-electron chi connectivity index (χ0n) is 15.4. The van der Waals surface area contributed by atoms with Crippen LogP contribution in [-0.4, -0.2) is 51.4 Å². The van der Waals surface area contributed by atoms with Gasteiger partial charge in [0.05, 0.1) is 5.41 Å². The number of halogens is 1. The van der Waals surface area contributed by atoms with E-state index in [0.29, 0.717) is 37.3 Å². The van der Waals surface area contributed by atoms with Gasteiger partial charge in [-0.1, -0.05) is 18.2 Å². The molecule has 0 saturated carbocycles. The van der Waals surface area contributed by atoms with E-state index in [-0.39, 0.29) is 24.2 Å². The summed E-state index contributed by atoms with van der Waals surface area (Å²) in [6.45, 7) is 3.70. The first-order valence-electron chi connectivity index (χ1n) is 9.33. The summed E-state index contributed by atoms with van der Waals surface area (Å²) < 4.78 is 14.0. The van der Waals surface area contributed by atoms with Gasteiger partial charge in [0.2, 0.25) is 5.91 Å². The number of amides is 2. The first-order chi connectivity index (χ1) is 13.0. The predicted octanol–water partition coefficient (Wildman–Crippen LogP) is 2.51. The summed E-state index contributed by atoms with van der Waals surface area (Å²) >= 11 is 0. The van der Waals surface area contributed by atoms with E-state index in [4.69, 9.17) is 0 Å². The Morgan fingerprint density at radius 1 is 1.30 bits per heavy atom. The minimum atomic E-state index is -0.551. The highest BCUT2D eigenvalue weighted by molar-refractivity contribution is 5.94. The second-order valence-electron chi connectivity index (χ2n) is 7.61. The molecule has 142 valence electrons. The molecule has 1 aromatic carbocycles. The standard InChI is InChI=1S/C20H23FN4O2/c1-14-11-17(23-22-14)18(26)25-10-8-20(13-25)7-4-9-24(19(20)27)12-15-5-2-3-6-16(15)21/h2-3,5-6,11H,4,7-10,12-13H2,1H3,(H,22,23)/t20-/m0/s1. The Labute approximate surface area is 157 Å². The Morgan fingerprint density at radius 2 is 2.11 bits per heavy atom. The number of benzene rings is 1. The molecule has 3 heterocycles. The zero-order valence-corrected chi connectivity index (χ0v) is 15.4. The SMILES string of the molecule is Cc1cc(C(=O)N2CC[C@@]3(CCCN(Cc4ccccc4F)C3=O)C2)n[nH]1. The van der Waals surface area contributed by atoms with E-state index in [2.05, 4.69) is 10.2 Å². The van der Waals surface area contributed by atoms with Gasteiger partial charge in [-0.05, 0) is 38.3 Å². The maximum absolute atomic E-state index is 14.0. The second-order valence-corrected chi connectivity index (χ2v) is 7.61. The van der Waals surface area contributed by atoms with Crippen molar-refractivity contribution in [3.05, 3.63) is 53.1 Å². The highest BCUT2D eigenvalue weighted by Gasteiger charge is 2.49. The van der Waals surface area contributed by atoms with E-state index >= 15 is 0 Å². The molecule has 1 aromatic heterocycles. The lowest BCUT2D eigenvalue weighted by Crippen LogP contribution is -2.50. The van der Waals surface area contributed by atoms with E-state index in [0.717, 1.165) is 18.5 Å². The number of aromatic amines is 1. The number of rotatable bonds is 3. The summed E-state index contributed by atoms with van der Waals surface area (Å²) in [4.78, 5) is 29.4. The molecule has 0 aliphatic carbocycles. The molecule has 2 saturated heterocycles. The molecule has 4 rings (SSSR count). The molecule has 2 aliphatic rings. The quantitative estimate of drug-likeness (QED) is 0.903. The monoisotopic (exact) mass is 370 g/mol. The van der Waals surface area contributed by atoms with Crippen molar-refractivity contribution in [3.8, 4) is 0 Å². The molecule has 6 nitrogen and oxygen atoms in total. The lowest BCUT2D eigenvalue weighted by Gasteiger charge is -2.39. The summed E-state index contributed by atoms with van der Waals surface area (Å²) in [7, 11) is 0. The minimum absolute atomic E-state index is 0.0329. The van der Waals surface area contributed by atoms with Crippen LogP contribution in [0.2, 0.25) is 0 Å². The lowest BCUT2D eigenvalue weighted by molar-refractivity contribution is -0.146. The van der Waals surface area contributed by atoms with Gasteiger partial charge in [0.25, 0.3) is 5.91 Å². The molecule has 0 bridgehead atoms. The van der Waals surface area contributed by atoms with Crippen molar-refractivity contribution in [2.75, 3.05) is 19.6 Å². The van der Waals surface area contributed by atoms with Crippen LogP contribution in [0.4, 0.5) is 4.39 Å². The third-order valence-electron chi connectivity index (χ3n) is 5.71. The van der Waals surface area contributed by atoms with Crippen LogP contribution in [0.25, 0.3) is 0 Å². The van der Waals surface area contributed by atoms with Gasteiger partial charge in [0, 0.05) is 37.4 Å². The molecule has 7 heteroatoms. The van der Waals surface area contributed by atoms with E-state index in [1.165, 1.54) is 6.07 Å². The zero-order chi connectivity index (χ0) is 19.0. The van der Waals surface area contributed by atoms with E-state index in [9.17, 15) is 14.0 Å². The van der Waals surface area contributed by atoms with E-state index in [1.54, 1.807) is 34.1 Å². The van der Waals surface area contributed by atoms with Crippen molar-refractivity contribution in [1.82, 2.24) is 20.0 Å². The Hall–Kier alpha value is -2.70. The number of nitrogens with one attached hydrogen (secondary N) is 1. The summed E-state index contributed by atoms with van der Waals surface area (Å²) in [5, 5.41) is 6.82. The van der Waals surface area contributed by atoms with Gasteiger partial charge in [-0.15, -0.1) is 0 Å². The third-order valence-corrected chi connectivity index (χ3v) is 5.71. The number of aromatic nitrogens is 2. The smallest absolute Gasteiger partial charge is 0.274 e. The number of carbonyl (C=O) groups is 2. The molecular formula is C20H23FN4O2. The Kier molecular flexibility index (Phi) is 4.45. The fourth-order valence-corrected chi connectivity index (χ4v) is 4.25. The minimum Gasteiger partial charge on any atom is -0.338 e. The maximum Gasteiger partial charge on any atom is 0.274 e. The van der Waals surface area contributed by atoms with Crippen LogP contribution in [0, 0.1) is 18.2 Å². The number of carbonyl (C=O) groups excluding carboxylic acids is 2. The van der Waals surface area contributed by atoms with Crippen molar-refractivity contribution in [1.29, 1.82) is 0 Å². The third kappa shape index (κ3) is 3.22. The Morgan fingerprint density at radius 3 is 2.85 bits per heavy atom. The molecule has 2 fully saturated rings. The van der Waals surface area contributed by atoms with Gasteiger partial charge >= 0.3 is 0 Å². The second kappa shape index (κ2) is 6.79. The Balaban J connectivity index is 1.49. The molecule has 2 aromatic rings. The number of piperidine rings is 1. The van der Waals surface area contributed by atoms with Gasteiger partial charge in [-0.25, -0.2) is 4.39 Å². The highest BCUT2D eigenvalue weighted by Crippen LogP contribution is 2.41. The number of hydrogen-bond acceptors (Lipinski definition) is 3. The number of H-pyrrole nitrogens is 1. The van der Waals surface area contributed by atoms with Crippen LogP contribution < -0.4 is 0 Å². The van der Waals surface area contributed by atoms with Gasteiger partial charge < -0.3 is 9.80 Å². The Bertz CT molecular complexity index is 880. The molecule has 1 N–H and O–H groups in total. The van der Waals surface area contributed by atoms with Gasteiger partial charge in [-0.3, -0.25) is 14.7 Å². The molecule has 2 amide bonds. The van der Waals surface area contributed by atoms with Gasteiger partial charge in [0.1, 0.15) is 11.5 Å². The van der Waals surface area contributed by atoms with Gasteiger partial charge in [0.15, 0.2) is 0 Å². The van der Waals surface area contributed by atoms with Crippen molar-refractivity contribution in [2.24, 2.45) is 5.41 Å². The predicted molar refractivity (Wildman–Crippen MR) is 97.3 cm³/mol. The first-order valence-corrected chi connectivity index (χ1v) is 9.33. The van der Waals surface area contributed by atoms with Crippen molar-refractivity contribution >= 4 is 11.8 Å². The average molecular weight is 370 g/mol. The number of aryl methyl sites for hydroxylation is 1.